The van der Waals surface area contributed by atoms with Crippen LogP contribution in [0.3, 0.4) is 0 Å². The average molecular weight is 274 g/mol. The van der Waals surface area contributed by atoms with Gasteiger partial charge < -0.3 is 9.84 Å². The Morgan fingerprint density at radius 2 is 2.00 bits per heavy atom. The summed E-state index contributed by atoms with van der Waals surface area (Å²) in [5, 5.41) is 9.40. The first-order valence-corrected chi connectivity index (χ1v) is 7.13. The molecule has 0 amide bonds. The number of ether oxygens (including phenoxy) is 1. The minimum atomic E-state index is -1.01. The van der Waals surface area contributed by atoms with Gasteiger partial charge >= 0.3 is 5.97 Å². The van der Waals surface area contributed by atoms with Gasteiger partial charge in [0.2, 0.25) is 5.88 Å². The molecule has 0 bridgehead atoms. The van der Waals surface area contributed by atoms with Gasteiger partial charge in [-0.25, -0.2) is 4.79 Å². The minimum absolute atomic E-state index is 0.0838. The van der Waals surface area contributed by atoms with Crippen molar-refractivity contribution < 1.29 is 14.6 Å². The van der Waals surface area contributed by atoms with Crippen LogP contribution in [0.2, 0.25) is 0 Å². The van der Waals surface area contributed by atoms with Crippen LogP contribution in [0.25, 0.3) is 5.65 Å². The van der Waals surface area contributed by atoms with Crippen LogP contribution in [-0.4, -0.2) is 26.6 Å². The highest BCUT2D eigenvalue weighted by atomic mass is 16.5. The number of carboxylic acids is 1. The summed E-state index contributed by atoms with van der Waals surface area (Å²) >= 11 is 0. The number of imidazole rings is 1. The van der Waals surface area contributed by atoms with Crippen LogP contribution >= 0.6 is 0 Å². The van der Waals surface area contributed by atoms with E-state index < -0.39 is 5.97 Å². The molecule has 1 aliphatic rings. The lowest BCUT2D eigenvalue weighted by Crippen LogP contribution is -2.17. The first-order chi connectivity index (χ1) is 9.75. The van der Waals surface area contributed by atoms with Gasteiger partial charge in [-0.05, 0) is 37.8 Å². The highest BCUT2D eigenvalue weighted by Crippen LogP contribution is 2.26. The Balaban J connectivity index is 1.93. The summed E-state index contributed by atoms with van der Waals surface area (Å²) < 4.78 is 7.46. The fourth-order valence-electron chi connectivity index (χ4n) is 2.77. The summed E-state index contributed by atoms with van der Waals surface area (Å²) in [5.74, 6) is -0.761. The standard InChI is InChI=1S/C15H18N2O3/c18-15(19)13-14(16-12-9-5-6-10-17(12)13)20-11-7-3-1-2-4-8-11/h5-6,9-11H,1-4,7-8H2,(H,18,19). The molecule has 5 heteroatoms. The van der Waals surface area contributed by atoms with Gasteiger partial charge in [0.25, 0.3) is 0 Å². The van der Waals surface area contributed by atoms with E-state index in [0.29, 0.717) is 5.65 Å². The van der Waals surface area contributed by atoms with E-state index in [1.165, 1.54) is 12.8 Å². The highest BCUT2D eigenvalue weighted by molar-refractivity contribution is 5.89. The summed E-state index contributed by atoms with van der Waals surface area (Å²) in [5.41, 5.74) is 0.721. The van der Waals surface area contributed by atoms with Gasteiger partial charge in [-0.2, -0.15) is 4.98 Å². The van der Waals surface area contributed by atoms with E-state index in [4.69, 9.17) is 4.74 Å². The molecule has 1 fully saturated rings. The largest absolute Gasteiger partial charge is 0.476 e. The molecule has 0 saturated heterocycles. The summed E-state index contributed by atoms with van der Waals surface area (Å²) in [6, 6.07) is 5.41. The molecule has 0 unspecified atom stereocenters. The molecule has 0 aliphatic heterocycles. The van der Waals surface area contributed by atoms with E-state index in [-0.39, 0.29) is 17.7 Å². The first kappa shape index (κ1) is 13.0. The van der Waals surface area contributed by atoms with Crippen LogP contribution in [0.1, 0.15) is 49.0 Å². The fourth-order valence-corrected chi connectivity index (χ4v) is 2.77. The third-order valence-corrected chi connectivity index (χ3v) is 3.78. The number of pyridine rings is 1. The number of fused-ring (bicyclic) bond motifs is 1. The van der Waals surface area contributed by atoms with E-state index in [2.05, 4.69) is 4.98 Å². The summed E-state index contributed by atoms with van der Waals surface area (Å²) in [6.45, 7) is 0. The van der Waals surface area contributed by atoms with Gasteiger partial charge in [-0.15, -0.1) is 0 Å². The van der Waals surface area contributed by atoms with Gasteiger partial charge in [0.1, 0.15) is 11.8 Å². The van der Waals surface area contributed by atoms with Crippen molar-refractivity contribution in [2.75, 3.05) is 0 Å². The molecule has 0 radical (unpaired) electrons. The van der Waals surface area contributed by atoms with E-state index >= 15 is 0 Å². The van der Waals surface area contributed by atoms with E-state index in [1.54, 1.807) is 22.7 Å². The average Bonchev–Trinajstić information content (AvgIpc) is 2.60. The minimum Gasteiger partial charge on any atom is -0.476 e. The molecule has 2 heterocycles. The number of hydrogen-bond acceptors (Lipinski definition) is 3. The fraction of sp³-hybridized carbons (Fsp3) is 0.467. The van der Waals surface area contributed by atoms with E-state index in [0.717, 1.165) is 25.7 Å². The summed E-state index contributed by atoms with van der Waals surface area (Å²) in [4.78, 5) is 15.8. The number of carbonyl (C=O) groups is 1. The molecule has 20 heavy (non-hydrogen) atoms. The van der Waals surface area contributed by atoms with E-state index in [1.807, 2.05) is 6.07 Å². The molecular weight excluding hydrogens is 256 g/mol. The summed E-state index contributed by atoms with van der Waals surface area (Å²) in [6.07, 6.45) is 8.49. The number of carboxylic acid groups (broad SMARTS) is 1. The molecule has 2 aromatic rings. The van der Waals surface area contributed by atoms with Gasteiger partial charge in [0.15, 0.2) is 5.69 Å². The van der Waals surface area contributed by atoms with Crippen LogP contribution in [0, 0.1) is 0 Å². The van der Waals surface area contributed by atoms with Crippen LogP contribution in [0.15, 0.2) is 24.4 Å². The lowest BCUT2D eigenvalue weighted by molar-refractivity contribution is 0.0679. The maximum Gasteiger partial charge on any atom is 0.358 e. The van der Waals surface area contributed by atoms with E-state index in [9.17, 15) is 9.90 Å². The van der Waals surface area contributed by atoms with Crippen LogP contribution in [0.4, 0.5) is 0 Å². The highest BCUT2D eigenvalue weighted by Gasteiger charge is 2.23. The molecule has 3 rings (SSSR count). The Morgan fingerprint density at radius 1 is 1.25 bits per heavy atom. The molecule has 0 aromatic carbocycles. The van der Waals surface area contributed by atoms with Crippen molar-refractivity contribution in [3.05, 3.63) is 30.1 Å². The molecule has 5 nitrogen and oxygen atoms in total. The van der Waals surface area contributed by atoms with Gasteiger partial charge in [0, 0.05) is 6.20 Å². The molecule has 106 valence electrons. The smallest absolute Gasteiger partial charge is 0.358 e. The number of rotatable bonds is 3. The maximum absolute atomic E-state index is 11.5. The maximum atomic E-state index is 11.5. The van der Waals surface area contributed by atoms with Crippen LogP contribution in [-0.2, 0) is 0 Å². The molecule has 0 atom stereocenters. The van der Waals surface area contributed by atoms with Crippen molar-refractivity contribution >= 4 is 11.6 Å². The van der Waals surface area contributed by atoms with Crippen molar-refractivity contribution in [1.82, 2.24) is 9.38 Å². The quantitative estimate of drug-likeness (QED) is 0.873. The second-order valence-electron chi connectivity index (χ2n) is 5.23. The number of hydrogen-bond donors (Lipinski definition) is 1. The first-order valence-electron chi connectivity index (χ1n) is 7.13. The van der Waals surface area contributed by atoms with Crippen molar-refractivity contribution in [3.8, 4) is 5.88 Å². The van der Waals surface area contributed by atoms with Crippen molar-refractivity contribution in [2.24, 2.45) is 0 Å². The van der Waals surface area contributed by atoms with Gasteiger partial charge in [-0.1, -0.05) is 18.9 Å². The zero-order valence-corrected chi connectivity index (χ0v) is 11.3. The molecule has 1 N–H and O–H groups in total. The van der Waals surface area contributed by atoms with Crippen LogP contribution < -0.4 is 4.74 Å². The summed E-state index contributed by atoms with van der Waals surface area (Å²) in [7, 11) is 0. The third kappa shape index (κ3) is 2.48. The topological polar surface area (TPSA) is 63.8 Å². The lowest BCUT2D eigenvalue weighted by atomic mass is 10.1. The van der Waals surface area contributed by atoms with Crippen molar-refractivity contribution in [3.63, 3.8) is 0 Å². The Hall–Kier alpha value is -2.04. The second kappa shape index (κ2) is 5.53. The molecule has 2 aromatic heterocycles. The number of nitrogens with zero attached hydrogens (tertiary/aromatic N) is 2. The predicted molar refractivity (Wildman–Crippen MR) is 74.3 cm³/mol. The lowest BCUT2D eigenvalue weighted by Gasteiger charge is -2.15. The predicted octanol–water partition coefficient (Wildman–Crippen LogP) is 3.13. The number of aromatic carboxylic acids is 1. The Bertz CT molecular complexity index is 613. The Labute approximate surface area is 117 Å². The SMILES string of the molecule is O=C(O)c1c(OC2CCCCCC2)nc2ccccn12. The van der Waals surface area contributed by atoms with Gasteiger partial charge in [-0.3, -0.25) is 4.40 Å². The molecule has 1 aliphatic carbocycles. The molecule has 0 spiro atoms. The second-order valence-corrected chi connectivity index (χ2v) is 5.23. The Morgan fingerprint density at radius 3 is 2.70 bits per heavy atom. The zero-order chi connectivity index (χ0) is 13.9. The number of aromatic nitrogens is 2. The molecule has 1 saturated carbocycles. The van der Waals surface area contributed by atoms with Crippen LogP contribution in [0.5, 0.6) is 5.88 Å². The van der Waals surface area contributed by atoms with Crippen molar-refractivity contribution in [2.45, 2.75) is 44.6 Å². The zero-order valence-electron chi connectivity index (χ0n) is 11.3. The third-order valence-electron chi connectivity index (χ3n) is 3.78. The van der Waals surface area contributed by atoms with Crippen molar-refractivity contribution in [1.29, 1.82) is 0 Å². The normalized spacial score (nSPS) is 17.0. The Kier molecular flexibility index (Phi) is 3.58. The molecular formula is C15H18N2O3. The van der Waals surface area contributed by atoms with Gasteiger partial charge in [0.05, 0.1) is 0 Å². The monoisotopic (exact) mass is 274 g/mol.